The Morgan fingerprint density at radius 2 is 1.31 bits per heavy atom. The van der Waals surface area contributed by atoms with Crippen LogP contribution >= 0.6 is 0 Å². The monoisotopic (exact) mass is 484 g/mol. The molecule has 0 aliphatic carbocycles. The average molecular weight is 485 g/mol. The highest BCUT2D eigenvalue weighted by molar-refractivity contribution is 7.87. The Morgan fingerprint density at radius 3 is 1.72 bits per heavy atom. The molecular weight excluding hydrogens is 440 g/mol. The van der Waals surface area contributed by atoms with Gasteiger partial charge in [0, 0.05) is 0 Å². The Morgan fingerprint density at radius 1 is 0.875 bits per heavy atom. The summed E-state index contributed by atoms with van der Waals surface area (Å²) in [5, 5.41) is 35.9. The van der Waals surface area contributed by atoms with Crippen LogP contribution < -0.4 is 0 Å². The predicted octanol–water partition coefficient (Wildman–Crippen LogP) is 2.50. The summed E-state index contributed by atoms with van der Waals surface area (Å²) in [4.78, 5) is 0. The van der Waals surface area contributed by atoms with Crippen molar-refractivity contribution in [3.8, 4) is 0 Å². The quantitative estimate of drug-likeness (QED) is 0.137. The fourth-order valence-corrected chi connectivity index (χ4v) is 4.96. The lowest BCUT2D eigenvalue weighted by Crippen LogP contribution is -2.51. The van der Waals surface area contributed by atoms with Gasteiger partial charge in [-0.15, -0.1) is 0 Å². The molecule has 5 N–H and O–H groups in total. The van der Waals surface area contributed by atoms with E-state index in [0.29, 0.717) is 6.42 Å². The molecule has 0 aromatic rings. The van der Waals surface area contributed by atoms with Crippen molar-refractivity contribution < 1.29 is 42.9 Å². The predicted molar refractivity (Wildman–Crippen MR) is 121 cm³/mol. The first-order valence-corrected chi connectivity index (χ1v) is 13.6. The summed E-state index contributed by atoms with van der Waals surface area (Å²) >= 11 is 0. The molecule has 1 rings (SSSR count). The van der Waals surface area contributed by atoms with Gasteiger partial charge in [-0.1, -0.05) is 90.4 Å². The molecule has 0 spiro atoms. The minimum Gasteiger partial charge on any atom is -0.394 e. The molecule has 1 saturated heterocycles. The van der Waals surface area contributed by atoms with Crippen LogP contribution in [-0.2, 0) is 19.6 Å². The van der Waals surface area contributed by atoms with Gasteiger partial charge in [0.05, 0.1) is 13.2 Å². The van der Waals surface area contributed by atoms with Crippen molar-refractivity contribution in [2.75, 3.05) is 13.2 Å². The first-order chi connectivity index (χ1) is 15.2. The smallest absolute Gasteiger partial charge is 0.329 e. The molecule has 0 unspecified atom stereocenters. The van der Waals surface area contributed by atoms with E-state index in [9.17, 15) is 28.3 Å². The van der Waals surface area contributed by atoms with E-state index < -0.39 is 46.3 Å². The van der Waals surface area contributed by atoms with Gasteiger partial charge < -0.3 is 29.9 Å². The maximum atomic E-state index is 11.8. The van der Waals surface area contributed by atoms with Crippen LogP contribution in [0.2, 0.25) is 0 Å². The molecule has 1 heterocycles. The van der Waals surface area contributed by atoms with Gasteiger partial charge in [0.2, 0.25) is 0 Å². The summed E-state index contributed by atoms with van der Waals surface area (Å²) < 4.78 is 43.5. The molecule has 0 radical (unpaired) electrons. The van der Waals surface area contributed by atoms with E-state index in [1.807, 2.05) is 0 Å². The molecule has 32 heavy (non-hydrogen) atoms. The second kappa shape index (κ2) is 15.5. The van der Waals surface area contributed by atoms with Crippen molar-refractivity contribution in [2.24, 2.45) is 0 Å². The van der Waals surface area contributed by atoms with Crippen LogP contribution in [0, 0.1) is 0 Å². The average Bonchev–Trinajstić information content (AvgIpc) is 3.02. The highest BCUT2D eigenvalue weighted by Gasteiger charge is 2.64. The third-order valence-corrected chi connectivity index (χ3v) is 7.22. The number of hydrogen-bond donors (Lipinski definition) is 5. The van der Waals surface area contributed by atoms with Crippen LogP contribution in [0.25, 0.3) is 0 Å². The Labute approximate surface area is 192 Å². The molecule has 1 aliphatic rings. The van der Waals surface area contributed by atoms with E-state index >= 15 is 0 Å². The van der Waals surface area contributed by atoms with Crippen LogP contribution in [0.5, 0.6) is 0 Å². The topological polar surface area (TPSA) is 154 Å². The largest absolute Gasteiger partial charge is 0.394 e. The van der Waals surface area contributed by atoms with Crippen LogP contribution in [0.4, 0.5) is 0 Å². The van der Waals surface area contributed by atoms with Crippen molar-refractivity contribution in [3.63, 3.8) is 0 Å². The highest BCUT2D eigenvalue weighted by Crippen LogP contribution is 2.38. The minimum atomic E-state index is -5.09. The van der Waals surface area contributed by atoms with E-state index in [0.717, 1.165) is 25.7 Å². The van der Waals surface area contributed by atoms with Crippen molar-refractivity contribution in [1.82, 2.24) is 0 Å². The van der Waals surface area contributed by atoms with Gasteiger partial charge in [0.25, 0.3) is 0 Å². The molecule has 1 aliphatic heterocycles. The van der Waals surface area contributed by atoms with Crippen molar-refractivity contribution >= 4 is 10.1 Å². The summed E-state index contributed by atoms with van der Waals surface area (Å²) in [5.41, 5.74) is 0. The summed E-state index contributed by atoms with van der Waals surface area (Å²) in [5.74, 6) is 0. The first kappa shape index (κ1) is 29.7. The lowest BCUT2D eigenvalue weighted by molar-refractivity contribution is -0.215. The van der Waals surface area contributed by atoms with E-state index in [2.05, 4.69) is 6.92 Å². The van der Waals surface area contributed by atoms with Gasteiger partial charge in [0.1, 0.15) is 18.3 Å². The van der Waals surface area contributed by atoms with Crippen molar-refractivity contribution in [2.45, 2.75) is 126 Å². The maximum Gasteiger partial charge on any atom is 0.329 e. The number of ether oxygens (including phenoxy) is 2. The van der Waals surface area contributed by atoms with Crippen LogP contribution in [0.3, 0.4) is 0 Å². The van der Waals surface area contributed by atoms with Crippen LogP contribution in [0.1, 0.15) is 96.8 Å². The van der Waals surface area contributed by atoms with Gasteiger partial charge in [0.15, 0.2) is 6.10 Å². The van der Waals surface area contributed by atoms with Gasteiger partial charge in [-0.25, -0.2) is 0 Å². The zero-order valence-corrected chi connectivity index (χ0v) is 20.2. The van der Waals surface area contributed by atoms with Gasteiger partial charge >= 0.3 is 15.2 Å². The molecule has 0 amide bonds. The second-order valence-electron chi connectivity index (χ2n) is 8.79. The summed E-state index contributed by atoms with van der Waals surface area (Å²) in [6, 6.07) is 0. The number of unbranched alkanes of at least 4 members (excludes halogenated alkanes) is 13. The van der Waals surface area contributed by atoms with E-state index in [4.69, 9.17) is 14.6 Å². The number of rotatable bonds is 19. The zero-order chi connectivity index (χ0) is 24.0. The van der Waals surface area contributed by atoms with Crippen LogP contribution in [-0.4, -0.2) is 76.1 Å². The van der Waals surface area contributed by atoms with E-state index in [1.54, 1.807) is 0 Å². The lowest BCUT2D eigenvalue weighted by Gasteiger charge is -2.28. The summed E-state index contributed by atoms with van der Waals surface area (Å²) in [6.45, 7) is 1.28. The Balaban J connectivity index is 2.21. The normalized spacial score (nSPS) is 27.1. The SMILES string of the molecule is CCCCCCCCCCCCCCCCO[C@]1(S(=O)(=O)O)O[C@@H]([C@H](O)CO)[C@H](O)[C@H]1O. The van der Waals surface area contributed by atoms with E-state index in [-0.39, 0.29) is 6.61 Å². The van der Waals surface area contributed by atoms with Crippen LogP contribution in [0.15, 0.2) is 0 Å². The van der Waals surface area contributed by atoms with Gasteiger partial charge in [-0.3, -0.25) is 4.55 Å². The Kier molecular flexibility index (Phi) is 14.4. The molecule has 1 fully saturated rings. The van der Waals surface area contributed by atoms with Crippen molar-refractivity contribution in [3.05, 3.63) is 0 Å². The Bertz CT molecular complexity index is 586. The molecule has 0 aromatic carbocycles. The third kappa shape index (κ3) is 9.13. The minimum absolute atomic E-state index is 0.121. The number of hydrogen-bond acceptors (Lipinski definition) is 8. The first-order valence-electron chi connectivity index (χ1n) is 12.1. The third-order valence-electron chi connectivity index (χ3n) is 6.05. The van der Waals surface area contributed by atoms with E-state index in [1.165, 1.54) is 57.8 Å². The van der Waals surface area contributed by atoms with Gasteiger partial charge in [-0.2, -0.15) is 8.42 Å². The second-order valence-corrected chi connectivity index (χ2v) is 10.3. The molecule has 0 saturated carbocycles. The highest BCUT2D eigenvalue weighted by atomic mass is 32.2. The number of aliphatic hydroxyl groups excluding tert-OH is 4. The van der Waals surface area contributed by atoms with Crippen molar-refractivity contribution in [1.29, 1.82) is 0 Å². The molecule has 10 heteroatoms. The molecule has 9 nitrogen and oxygen atoms in total. The molecule has 0 bridgehead atoms. The Hall–Kier alpha value is -0.330. The zero-order valence-electron chi connectivity index (χ0n) is 19.4. The maximum absolute atomic E-state index is 11.8. The summed E-state index contributed by atoms with van der Waals surface area (Å²) in [7, 11) is -5.09. The fourth-order valence-electron chi connectivity index (χ4n) is 4.05. The summed E-state index contributed by atoms with van der Waals surface area (Å²) in [6.07, 6.45) is 8.91. The molecule has 5 atom stereocenters. The molecular formula is C22H44O9S. The fraction of sp³-hybridized carbons (Fsp3) is 1.00. The van der Waals surface area contributed by atoms with Gasteiger partial charge in [-0.05, 0) is 6.42 Å². The molecule has 0 aromatic heterocycles. The number of aliphatic hydroxyl groups is 4. The lowest BCUT2D eigenvalue weighted by atomic mass is 10.0. The standard InChI is InChI=1S/C22H44O9S/c1-2-3-4-5-6-7-8-9-10-11-12-13-14-15-16-30-22(32(27,28)29)21(26)19(25)20(31-22)18(24)17-23/h18-21,23-26H,2-17H2,1H3,(H,27,28,29)/t18-,19+,20+,21-,22+/m1/s1. The molecule has 192 valence electrons.